The van der Waals surface area contributed by atoms with Gasteiger partial charge in [-0.25, -0.2) is 17.9 Å². The van der Waals surface area contributed by atoms with Crippen LogP contribution in [-0.4, -0.2) is 26.4 Å². The monoisotopic (exact) mass is 363 g/mol. The molecule has 1 saturated heterocycles. The van der Waals surface area contributed by atoms with Gasteiger partial charge in [-0.15, -0.1) is 0 Å². The Morgan fingerprint density at radius 3 is 2.28 bits per heavy atom. The van der Waals surface area contributed by atoms with Crippen molar-refractivity contribution in [3.05, 3.63) is 28.3 Å². The SMILES string of the molecule is O=C(Nc1c2c(cc3c1CCC3)CCC2)NS(=O)(=O)C1CCCCN1. The number of hydrogen-bond donors (Lipinski definition) is 3. The van der Waals surface area contributed by atoms with Crippen LogP contribution < -0.4 is 15.4 Å². The van der Waals surface area contributed by atoms with E-state index in [1.807, 2.05) is 0 Å². The minimum atomic E-state index is -3.70. The maximum absolute atomic E-state index is 12.4. The first kappa shape index (κ1) is 16.8. The normalized spacial score (nSPS) is 22.3. The average Bonchev–Trinajstić information content (AvgIpc) is 3.24. The predicted molar refractivity (Wildman–Crippen MR) is 97.2 cm³/mol. The van der Waals surface area contributed by atoms with Crippen molar-refractivity contribution in [3.63, 3.8) is 0 Å². The molecule has 1 unspecified atom stereocenters. The van der Waals surface area contributed by atoms with E-state index in [1.54, 1.807) is 0 Å². The van der Waals surface area contributed by atoms with Gasteiger partial charge in [0.05, 0.1) is 0 Å². The van der Waals surface area contributed by atoms with Crippen molar-refractivity contribution in [2.75, 3.05) is 11.9 Å². The van der Waals surface area contributed by atoms with Crippen LogP contribution in [0.5, 0.6) is 0 Å². The molecule has 3 aliphatic rings. The van der Waals surface area contributed by atoms with E-state index in [9.17, 15) is 13.2 Å². The second-order valence-electron chi connectivity index (χ2n) is 7.27. The first-order valence-electron chi connectivity index (χ1n) is 9.27. The second-order valence-corrected chi connectivity index (χ2v) is 9.14. The fraction of sp³-hybridized carbons (Fsp3) is 0.611. The van der Waals surface area contributed by atoms with Crippen LogP contribution in [0.3, 0.4) is 0 Å². The zero-order valence-corrected chi connectivity index (χ0v) is 15.2. The summed E-state index contributed by atoms with van der Waals surface area (Å²) in [5.74, 6) is 0. The van der Waals surface area contributed by atoms with E-state index in [0.29, 0.717) is 13.0 Å². The summed E-state index contributed by atoms with van der Waals surface area (Å²) >= 11 is 0. The number of anilines is 1. The average molecular weight is 363 g/mol. The topological polar surface area (TPSA) is 87.3 Å². The lowest BCUT2D eigenvalue weighted by atomic mass is 9.99. The van der Waals surface area contributed by atoms with Gasteiger partial charge in [0.2, 0.25) is 0 Å². The molecule has 25 heavy (non-hydrogen) atoms. The first-order chi connectivity index (χ1) is 12.0. The molecule has 0 aromatic heterocycles. The summed E-state index contributed by atoms with van der Waals surface area (Å²) in [4.78, 5) is 12.4. The zero-order valence-electron chi connectivity index (χ0n) is 14.4. The minimum Gasteiger partial charge on any atom is -0.307 e. The van der Waals surface area contributed by atoms with Gasteiger partial charge in [0.15, 0.2) is 0 Å². The van der Waals surface area contributed by atoms with Crippen LogP contribution in [0.1, 0.15) is 54.4 Å². The second kappa shape index (κ2) is 6.61. The highest BCUT2D eigenvalue weighted by atomic mass is 32.2. The quantitative estimate of drug-likeness (QED) is 0.768. The van der Waals surface area contributed by atoms with Crippen LogP contribution in [0, 0.1) is 0 Å². The third-order valence-corrected chi connectivity index (χ3v) is 7.21. The molecule has 1 atom stereocenters. The van der Waals surface area contributed by atoms with E-state index < -0.39 is 21.4 Å². The van der Waals surface area contributed by atoms with E-state index in [2.05, 4.69) is 21.4 Å². The maximum Gasteiger partial charge on any atom is 0.332 e. The fourth-order valence-corrected chi connectivity index (χ4v) is 5.66. The Kier molecular flexibility index (Phi) is 4.45. The standard InChI is InChI=1S/C18H25N3O3S/c22-18(21-25(23,24)16-9-1-2-10-19-16)20-17-14-7-3-5-12(14)11-13-6-4-8-15(13)17/h11,16,19H,1-10H2,(H2,20,21,22). The lowest BCUT2D eigenvalue weighted by Crippen LogP contribution is -2.48. The van der Waals surface area contributed by atoms with Gasteiger partial charge in [0.25, 0.3) is 10.0 Å². The first-order valence-corrected chi connectivity index (χ1v) is 10.8. The van der Waals surface area contributed by atoms with Crippen LogP contribution in [-0.2, 0) is 35.7 Å². The lowest BCUT2D eigenvalue weighted by molar-refractivity contribution is 0.256. The summed E-state index contributed by atoms with van der Waals surface area (Å²) < 4.78 is 27.1. The van der Waals surface area contributed by atoms with Gasteiger partial charge in [-0.05, 0) is 86.6 Å². The van der Waals surface area contributed by atoms with E-state index in [0.717, 1.165) is 57.1 Å². The van der Waals surface area contributed by atoms with Crippen molar-refractivity contribution in [2.24, 2.45) is 0 Å². The number of hydrogen-bond acceptors (Lipinski definition) is 4. The van der Waals surface area contributed by atoms with Gasteiger partial charge in [-0.2, -0.15) is 0 Å². The van der Waals surface area contributed by atoms with Crippen LogP contribution in [0.25, 0.3) is 0 Å². The number of sulfonamides is 1. The van der Waals surface area contributed by atoms with Crippen molar-refractivity contribution in [3.8, 4) is 0 Å². The van der Waals surface area contributed by atoms with Crippen molar-refractivity contribution in [1.29, 1.82) is 0 Å². The molecule has 0 bridgehead atoms. The number of aryl methyl sites for hydroxylation is 2. The highest BCUT2D eigenvalue weighted by Gasteiger charge is 2.30. The number of urea groups is 1. The van der Waals surface area contributed by atoms with Crippen molar-refractivity contribution in [1.82, 2.24) is 10.0 Å². The van der Waals surface area contributed by atoms with Gasteiger partial charge >= 0.3 is 6.03 Å². The molecule has 136 valence electrons. The third kappa shape index (κ3) is 3.27. The summed E-state index contributed by atoms with van der Waals surface area (Å²) in [6.07, 6.45) is 8.56. The van der Waals surface area contributed by atoms with Gasteiger partial charge in [0.1, 0.15) is 5.37 Å². The number of nitrogens with one attached hydrogen (secondary N) is 3. The summed E-state index contributed by atoms with van der Waals surface area (Å²) in [5.41, 5.74) is 5.89. The van der Waals surface area contributed by atoms with Crippen LogP contribution in [0.2, 0.25) is 0 Å². The highest BCUT2D eigenvalue weighted by molar-refractivity contribution is 7.90. The molecule has 1 aliphatic heterocycles. The summed E-state index contributed by atoms with van der Waals surface area (Å²) in [5, 5.41) is 5.18. The molecule has 1 fully saturated rings. The number of rotatable bonds is 3. The molecule has 7 heteroatoms. The summed E-state index contributed by atoms with van der Waals surface area (Å²) in [6.45, 7) is 0.674. The molecule has 0 radical (unpaired) electrons. The summed E-state index contributed by atoms with van der Waals surface area (Å²) in [6, 6.07) is 1.65. The Hall–Kier alpha value is -1.60. The molecule has 0 saturated carbocycles. The number of carbonyl (C=O) groups excluding carboxylic acids is 1. The maximum atomic E-state index is 12.4. The summed E-state index contributed by atoms with van der Waals surface area (Å²) in [7, 11) is -3.70. The number of amides is 2. The van der Waals surface area contributed by atoms with Crippen molar-refractivity contribution < 1.29 is 13.2 Å². The van der Waals surface area contributed by atoms with Crippen LogP contribution >= 0.6 is 0 Å². The molecular formula is C18H25N3O3S. The molecule has 1 aromatic rings. The highest BCUT2D eigenvalue weighted by Crippen LogP contribution is 2.38. The fourth-order valence-electron chi connectivity index (χ4n) is 4.39. The van der Waals surface area contributed by atoms with Crippen LogP contribution in [0.15, 0.2) is 6.07 Å². The van der Waals surface area contributed by atoms with Crippen molar-refractivity contribution >= 4 is 21.7 Å². The smallest absolute Gasteiger partial charge is 0.307 e. The van der Waals surface area contributed by atoms with Crippen molar-refractivity contribution in [2.45, 2.75) is 63.2 Å². The molecular weight excluding hydrogens is 338 g/mol. The van der Waals surface area contributed by atoms with Gasteiger partial charge in [-0.1, -0.05) is 6.07 Å². The lowest BCUT2D eigenvalue weighted by Gasteiger charge is -2.24. The molecule has 3 N–H and O–H groups in total. The van der Waals surface area contributed by atoms with Gasteiger partial charge < -0.3 is 5.32 Å². The Balaban J connectivity index is 1.54. The minimum absolute atomic E-state index is 0.540. The Morgan fingerprint density at radius 2 is 1.68 bits per heavy atom. The van der Waals surface area contributed by atoms with Crippen LogP contribution in [0.4, 0.5) is 10.5 Å². The number of carbonyl (C=O) groups is 1. The Labute approximate surface area is 148 Å². The van der Waals surface area contributed by atoms with E-state index in [1.165, 1.54) is 22.3 Å². The Morgan fingerprint density at radius 1 is 1.00 bits per heavy atom. The predicted octanol–water partition coefficient (Wildman–Crippen LogP) is 2.21. The zero-order chi connectivity index (χ0) is 17.4. The van der Waals surface area contributed by atoms with E-state index >= 15 is 0 Å². The van der Waals surface area contributed by atoms with Gasteiger partial charge in [-0.3, -0.25) is 5.32 Å². The molecule has 2 aliphatic carbocycles. The number of piperidine rings is 1. The number of fused-ring (bicyclic) bond motifs is 2. The molecule has 6 nitrogen and oxygen atoms in total. The third-order valence-electron chi connectivity index (χ3n) is 5.59. The van der Waals surface area contributed by atoms with Gasteiger partial charge in [0, 0.05) is 5.69 Å². The van der Waals surface area contributed by atoms with E-state index in [4.69, 9.17) is 0 Å². The molecule has 1 aromatic carbocycles. The Bertz CT molecular complexity index is 766. The molecule has 1 heterocycles. The number of benzene rings is 1. The molecule has 0 spiro atoms. The largest absolute Gasteiger partial charge is 0.332 e. The molecule has 4 rings (SSSR count). The van der Waals surface area contributed by atoms with E-state index in [-0.39, 0.29) is 0 Å². The molecule has 2 amide bonds.